The van der Waals surface area contributed by atoms with Gasteiger partial charge in [0.25, 0.3) is 5.56 Å². The van der Waals surface area contributed by atoms with Crippen molar-refractivity contribution in [1.82, 2.24) is 24.1 Å². The van der Waals surface area contributed by atoms with Gasteiger partial charge in [0.1, 0.15) is 6.33 Å². The first-order valence-electron chi connectivity index (χ1n) is 7.83. The molecule has 0 aliphatic rings. The van der Waals surface area contributed by atoms with Crippen LogP contribution in [0.2, 0.25) is 0 Å². The van der Waals surface area contributed by atoms with Gasteiger partial charge in [0.2, 0.25) is 10.0 Å². The second kappa shape index (κ2) is 7.89. The Balaban J connectivity index is 1.63. The standard InChI is InChI=1S/C17H17N5O3S/c23-17-7-6-16(21-11-9-18-14-21)20-22(17)12-10-19-26(24,25)13-8-15-4-2-1-3-5-15/h1-9,11,13-14,19H,10,12H2. The minimum Gasteiger partial charge on any atom is -0.289 e. The number of sulfonamides is 1. The Morgan fingerprint density at radius 3 is 2.65 bits per heavy atom. The van der Waals surface area contributed by atoms with E-state index in [1.807, 2.05) is 18.2 Å². The molecule has 2 aromatic heterocycles. The number of benzene rings is 1. The van der Waals surface area contributed by atoms with Gasteiger partial charge in [0.05, 0.1) is 6.54 Å². The van der Waals surface area contributed by atoms with Crippen molar-refractivity contribution in [3.63, 3.8) is 0 Å². The van der Waals surface area contributed by atoms with Crippen LogP contribution in [0, 0.1) is 0 Å². The van der Waals surface area contributed by atoms with E-state index in [1.54, 1.807) is 41.5 Å². The first kappa shape index (κ1) is 17.8. The Kier molecular flexibility index (Phi) is 5.40. The van der Waals surface area contributed by atoms with Gasteiger partial charge in [-0.2, -0.15) is 5.10 Å². The number of aromatic nitrogens is 4. The predicted molar refractivity (Wildman–Crippen MR) is 98.0 cm³/mol. The lowest BCUT2D eigenvalue weighted by atomic mass is 10.2. The van der Waals surface area contributed by atoms with E-state index in [4.69, 9.17) is 0 Å². The number of nitrogens with one attached hydrogen (secondary N) is 1. The molecule has 26 heavy (non-hydrogen) atoms. The smallest absolute Gasteiger partial charge is 0.266 e. The lowest BCUT2D eigenvalue weighted by Crippen LogP contribution is -2.31. The zero-order chi connectivity index (χ0) is 18.4. The van der Waals surface area contributed by atoms with Crippen LogP contribution >= 0.6 is 0 Å². The summed E-state index contributed by atoms with van der Waals surface area (Å²) in [5.41, 5.74) is 0.469. The lowest BCUT2D eigenvalue weighted by molar-refractivity contribution is 0.548. The molecule has 3 aromatic rings. The van der Waals surface area contributed by atoms with Crippen LogP contribution in [0.15, 0.2) is 71.4 Å². The number of imidazole rings is 1. The summed E-state index contributed by atoms with van der Waals surface area (Å²) >= 11 is 0. The van der Waals surface area contributed by atoms with Gasteiger partial charge in [-0.3, -0.25) is 9.36 Å². The minimum atomic E-state index is -3.61. The fourth-order valence-corrected chi connectivity index (χ4v) is 3.01. The fourth-order valence-electron chi connectivity index (χ4n) is 2.20. The van der Waals surface area contributed by atoms with Crippen LogP contribution in [-0.2, 0) is 16.6 Å². The topological polar surface area (TPSA) is 98.9 Å². The second-order valence-electron chi connectivity index (χ2n) is 5.38. The van der Waals surface area contributed by atoms with E-state index in [0.29, 0.717) is 5.82 Å². The molecule has 0 radical (unpaired) electrons. The van der Waals surface area contributed by atoms with E-state index in [1.165, 1.54) is 16.8 Å². The maximum atomic E-state index is 12.0. The Morgan fingerprint density at radius 2 is 1.92 bits per heavy atom. The van der Waals surface area contributed by atoms with Crippen LogP contribution in [0.1, 0.15) is 5.56 Å². The van der Waals surface area contributed by atoms with Crippen molar-refractivity contribution in [3.8, 4) is 5.82 Å². The Bertz CT molecular complexity index is 1040. The molecule has 1 N–H and O–H groups in total. The van der Waals surface area contributed by atoms with Crippen molar-refractivity contribution < 1.29 is 8.42 Å². The molecule has 0 atom stereocenters. The highest BCUT2D eigenvalue weighted by atomic mass is 32.2. The van der Waals surface area contributed by atoms with Crippen molar-refractivity contribution in [2.45, 2.75) is 6.54 Å². The quantitative estimate of drug-likeness (QED) is 0.668. The van der Waals surface area contributed by atoms with Gasteiger partial charge in [0.15, 0.2) is 5.82 Å². The molecule has 0 saturated heterocycles. The highest BCUT2D eigenvalue weighted by Crippen LogP contribution is 2.03. The lowest BCUT2D eigenvalue weighted by Gasteiger charge is -2.07. The molecule has 0 amide bonds. The van der Waals surface area contributed by atoms with E-state index < -0.39 is 10.0 Å². The summed E-state index contributed by atoms with van der Waals surface area (Å²) in [6, 6.07) is 12.1. The number of hydrogen-bond acceptors (Lipinski definition) is 5. The average molecular weight is 371 g/mol. The fraction of sp³-hybridized carbons (Fsp3) is 0.118. The summed E-state index contributed by atoms with van der Waals surface area (Å²) in [5, 5.41) is 5.30. The molecular formula is C17H17N5O3S. The molecule has 134 valence electrons. The molecule has 0 spiro atoms. The Labute approximate surface area is 150 Å². The number of hydrogen-bond donors (Lipinski definition) is 1. The second-order valence-corrected chi connectivity index (χ2v) is 7.03. The van der Waals surface area contributed by atoms with E-state index in [9.17, 15) is 13.2 Å². The summed E-state index contributed by atoms with van der Waals surface area (Å²) in [6.07, 6.45) is 6.37. The van der Waals surface area contributed by atoms with Crippen LogP contribution in [0.5, 0.6) is 0 Å². The molecule has 3 rings (SSSR count). The molecule has 0 aliphatic carbocycles. The molecule has 0 unspecified atom stereocenters. The Hall–Kier alpha value is -3.04. The molecule has 0 fully saturated rings. The SMILES string of the molecule is O=c1ccc(-n2ccnc2)nn1CCNS(=O)(=O)C=Cc1ccccc1. The maximum Gasteiger partial charge on any atom is 0.266 e. The molecule has 1 aromatic carbocycles. The summed E-state index contributed by atoms with van der Waals surface area (Å²) in [6.45, 7) is 0.154. The Morgan fingerprint density at radius 1 is 1.12 bits per heavy atom. The zero-order valence-electron chi connectivity index (χ0n) is 13.8. The summed E-state index contributed by atoms with van der Waals surface area (Å²) in [7, 11) is -3.61. The van der Waals surface area contributed by atoms with Gasteiger partial charge in [0, 0.05) is 30.4 Å². The zero-order valence-corrected chi connectivity index (χ0v) is 14.6. The van der Waals surface area contributed by atoms with Crippen molar-refractivity contribution in [3.05, 3.63) is 82.5 Å². The summed E-state index contributed by atoms with van der Waals surface area (Å²) in [4.78, 5) is 15.8. The largest absolute Gasteiger partial charge is 0.289 e. The number of rotatable bonds is 7. The minimum absolute atomic E-state index is 0.0434. The van der Waals surface area contributed by atoms with E-state index in [2.05, 4.69) is 14.8 Å². The molecular weight excluding hydrogens is 354 g/mol. The first-order chi connectivity index (χ1) is 12.5. The van der Waals surface area contributed by atoms with Gasteiger partial charge in [-0.15, -0.1) is 0 Å². The third-order valence-electron chi connectivity index (χ3n) is 3.49. The van der Waals surface area contributed by atoms with Crippen LogP contribution < -0.4 is 10.3 Å². The van der Waals surface area contributed by atoms with Crippen molar-refractivity contribution in [1.29, 1.82) is 0 Å². The molecule has 0 saturated carbocycles. The molecule has 2 heterocycles. The average Bonchev–Trinajstić information content (AvgIpc) is 3.17. The van der Waals surface area contributed by atoms with E-state index in [-0.39, 0.29) is 18.6 Å². The highest BCUT2D eigenvalue weighted by Gasteiger charge is 2.06. The summed E-state index contributed by atoms with van der Waals surface area (Å²) < 4.78 is 29.3. The first-order valence-corrected chi connectivity index (χ1v) is 9.37. The van der Waals surface area contributed by atoms with Crippen molar-refractivity contribution in [2.75, 3.05) is 6.54 Å². The van der Waals surface area contributed by atoms with Crippen molar-refractivity contribution >= 4 is 16.1 Å². The van der Waals surface area contributed by atoms with Crippen LogP contribution in [-0.4, -0.2) is 34.3 Å². The van der Waals surface area contributed by atoms with Gasteiger partial charge in [-0.1, -0.05) is 30.3 Å². The van der Waals surface area contributed by atoms with E-state index >= 15 is 0 Å². The maximum absolute atomic E-state index is 12.0. The molecule has 9 heteroatoms. The van der Waals surface area contributed by atoms with Gasteiger partial charge >= 0.3 is 0 Å². The highest BCUT2D eigenvalue weighted by molar-refractivity contribution is 7.92. The predicted octanol–water partition coefficient (Wildman–Crippen LogP) is 1.02. The van der Waals surface area contributed by atoms with Gasteiger partial charge in [-0.05, 0) is 17.7 Å². The van der Waals surface area contributed by atoms with Crippen molar-refractivity contribution in [2.24, 2.45) is 0 Å². The van der Waals surface area contributed by atoms with Crippen LogP contribution in [0.25, 0.3) is 11.9 Å². The third-order valence-corrected chi connectivity index (χ3v) is 4.59. The monoisotopic (exact) mass is 371 g/mol. The van der Waals surface area contributed by atoms with Gasteiger partial charge < -0.3 is 0 Å². The van der Waals surface area contributed by atoms with E-state index in [0.717, 1.165) is 11.0 Å². The normalized spacial score (nSPS) is 11.8. The third kappa shape index (κ3) is 4.74. The summed E-state index contributed by atoms with van der Waals surface area (Å²) in [5.74, 6) is 0.522. The van der Waals surface area contributed by atoms with Gasteiger partial charge in [-0.25, -0.2) is 22.8 Å². The molecule has 0 bridgehead atoms. The number of nitrogens with zero attached hydrogens (tertiary/aromatic N) is 4. The molecule has 0 aliphatic heterocycles. The molecule has 8 nitrogen and oxygen atoms in total. The van der Waals surface area contributed by atoms with Crippen LogP contribution in [0.3, 0.4) is 0 Å². The van der Waals surface area contributed by atoms with Crippen LogP contribution in [0.4, 0.5) is 0 Å².